The van der Waals surface area contributed by atoms with Crippen LogP contribution >= 0.6 is 11.3 Å². The van der Waals surface area contributed by atoms with Gasteiger partial charge in [0.2, 0.25) is 5.91 Å². The molecular formula is C18H22N2OS. The largest absolute Gasteiger partial charge is 0.333 e. The van der Waals surface area contributed by atoms with Gasteiger partial charge in [-0.15, -0.1) is 11.3 Å². The normalized spacial score (nSPS) is 18.4. The monoisotopic (exact) mass is 314 g/mol. The van der Waals surface area contributed by atoms with Gasteiger partial charge in [0.05, 0.1) is 6.04 Å². The molecular weight excluding hydrogens is 292 g/mol. The van der Waals surface area contributed by atoms with Crippen LogP contribution in [0.25, 0.3) is 0 Å². The lowest BCUT2D eigenvalue weighted by Crippen LogP contribution is -2.38. The van der Waals surface area contributed by atoms with Crippen molar-refractivity contribution in [3.8, 4) is 0 Å². The number of aromatic nitrogens is 1. The van der Waals surface area contributed by atoms with Gasteiger partial charge in [-0.2, -0.15) is 0 Å². The van der Waals surface area contributed by atoms with E-state index in [9.17, 15) is 4.79 Å². The van der Waals surface area contributed by atoms with Gasteiger partial charge in [0.15, 0.2) is 0 Å². The Kier molecular flexibility index (Phi) is 4.88. The number of hydrogen-bond donors (Lipinski definition) is 0. The average Bonchev–Trinajstić information content (AvgIpc) is 3.07. The van der Waals surface area contributed by atoms with Crippen LogP contribution < -0.4 is 0 Å². The van der Waals surface area contributed by atoms with Gasteiger partial charge in [-0.1, -0.05) is 29.8 Å². The zero-order valence-corrected chi connectivity index (χ0v) is 13.8. The lowest BCUT2D eigenvalue weighted by molar-refractivity contribution is -0.135. The summed E-state index contributed by atoms with van der Waals surface area (Å²) >= 11 is 1.66. The summed E-state index contributed by atoms with van der Waals surface area (Å²) in [7, 11) is 0. The minimum absolute atomic E-state index is 0.193. The average molecular weight is 314 g/mol. The van der Waals surface area contributed by atoms with Gasteiger partial charge in [0.25, 0.3) is 0 Å². The van der Waals surface area contributed by atoms with Crippen LogP contribution in [-0.4, -0.2) is 22.3 Å². The maximum Gasteiger partial charge on any atom is 0.223 e. The highest BCUT2D eigenvalue weighted by Gasteiger charge is 2.29. The molecule has 1 unspecified atom stereocenters. The second kappa shape index (κ2) is 7.05. The van der Waals surface area contributed by atoms with Crippen molar-refractivity contribution in [1.29, 1.82) is 0 Å². The number of amides is 1. The number of hydrogen-bond acceptors (Lipinski definition) is 3. The van der Waals surface area contributed by atoms with Crippen LogP contribution in [0.3, 0.4) is 0 Å². The van der Waals surface area contributed by atoms with Crippen molar-refractivity contribution in [2.75, 3.05) is 6.54 Å². The first-order chi connectivity index (χ1) is 10.7. The molecule has 116 valence electrons. The van der Waals surface area contributed by atoms with Crippen LogP contribution in [-0.2, 0) is 11.2 Å². The van der Waals surface area contributed by atoms with Crippen molar-refractivity contribution < 1.29 is 4.79 Å². The van der Waals surface area contributed by atoms with Crippen molar-refractivity contribution in [3.63, 3.8) is 0 Å². The molecule has 3 rings (SSSR count). The van der Waals surface area contributed by atoms with E-state index in [2.05, 4.69) is 41.1 Å². The number of nitrogens with zero attached hydrogens (tertiary/aromatic N) is 2. The number of likely N-dealkylation sites (tertiary alicyclic amines) is 1. The van der Waals surface area contributed by atoms with Crippen molar-refractivity contribution in [2.24, 2.45) is 0 Å². The molecule has 1 aliphatic heterocycles. The van der Waals surface area contributed by atoms with Gasteiger partial charge in [-0.05, 0) is 38.2 Å². The fourth-order valence-electron chi connectivity index (χ4n) is 3.15. The van der Waals surface area contributed by atoms with E-state index in [1.165, 1.54) is 17.5 Å². The van der Waals surface area contributed by atoms with E-state index >= 15 is 0 Å². The molecule has 22 heavy (non-hydrogen) atoms. The van der Waals surface area contributed by atoms with E-state index in [1.54, 1.807) is 11.3 Å². The molecule has 1 amide bonds. The Morgan fingerprint density at radius 2 is 2.32 bits per heavy atom. The third-order valence-electron chi connectivity index (χ3n) is 4.27. The molecule has 1 fully saturated rings. The summed E-state index contributed by atoms with van der Waals surface area (Å²) in [5, 5.41) is 3.09. The predicted molar refractivity (Wildman–Crippen MR) is 89.9 cm³/mol. The van der Waals surface area contributed by atoms with Gasteiger partial charge < -0.3 is 4.90 Å². The molecule has 0 spiro atoms. The van der Waals surface area contributed by atoms with E-state index in [4.69, 9.17) is 0 Å². The SMILES string of the molecule is Cc1cccc(CCC(=O)N2CCCCC2c2nccs2)c1. The summed E-state index contributed by atoms with van der Waals surface area (Å²) in [6.45, 7) is 2.96. The quantitative estimate of drug-likeness (QED) is 0.850. The molecule has 1 aromatic heterocycles. The highest BCUT2D eigenvalue weighted by atomic mass is 32.1. The molecule has 0 radical (unpaired) electrons. The van der Waals surface area contributed by atoms with E-state index in [-0.39, 0.29) is 11.9 Å². The van der Waals surface area contributed by atoms with Crippen molar-refractivity contribution in [2.45, 2.75) is 45.1 Å². The highest BCUT2D eigenvalue weighted by molar-refractivity contribution is 7.09. The van der Waals surface area contributed by atoms with E-state index in [0.29, 0.717) is 6.42 Å². The van der Waals surface area contributed by atoms with Crippen LogP contribution in [0.15, 0.2) is 35.8 Å². The minimum atomic E-state index is 0.193. The summed E-state index contributed by atoms with van der Waals surface area (Å²) in [4.78, 5) is 19.1. The Balaban J connectivity index is 1.65. The summed E-state index contributed by atoms with van der Waals surface area (Å²) in [6, 6.07) is 8.62. The fraction of sp³-hybridized carbons (Fsp3) is 0.444. The number of aryl methyl sites for hydroxylation is 2. The molecule has 1 atom stereocenters. The van der Waals surface area contributed by atoms with E-state index < -0.39 is 0 Å². The molecule has 2 aromatic rings. The molecule has 1 aliphatic rings. The second-order valence-electron chi connectivity index (χ2n) is 5.96. The van der Waals surface area contributed by atoms with Crippen LogP contribution in [0.2, 0.25) is 0 Å². The predicted octanol–water partition coefficient (Wildman–Crippen LogP) is 4.14. The summed E-state index contributed by atoms with van der Waals surface area (Å²) in [5.41, 5.74) is 2.50. The minimum Gasteiger partial charge on any atom is -0.333 e. The van der Waals surface area contributed by atoms with Crippen LogP contribution in [0.1, 0.15) is 47.9 Å². The first-order valence-electron chi connectivity index (χ1n) is 7.98. The van der Waals surface area contributed by atoms with Crippen LogP contribution in [0.5, 0.6) is 0 Å². The molecule has 1 saturated heterocycles. The Morgan fingerprint density at radius 3 is 3.09 bits per heavy atom. The van der Waals surface area contributed by atoms with Gasteiger partial charge in [-0.3, -0.25) is 4.79 Å². The number of carbonyl (C=O) groups is 1. The van der Waals surface area contributed by atoms with E-state index in [1.807, 2.05) is 11.6 Å². The number of piperidine rings is 1. The molecule has 4 heteroatoms. The second-order valence-corrected chi connectivity index (χ2v) is 6.88. The summed E-state index contributed by atoms with van der Waals surface area (Å²) in [5.74, 6) is 0.265. The zero-order chi connectivity index (χ0) is 15.4. The maximum atomic E-state index is 12.7. The molecule has 0 bridgehead atoms. The Morgan fingerprint density at radius 1 is 1.41 bits per heavy atom. The number of thiazole rings is 1. The molecule has 2 heterocycles. The van der Waals surface area contributed by atoms with Crippen molar-refractivity contribution in [3.05, 3.63) is 52.0 Å². The van der Waals surface area contributed by atoms with Gasteiger partial charge >= 0.3 is 0 Å². The van der Waals surface area contributed by atoms with Crippen LogP contribution in [0, 0.1) is 6.92 Å². The third kappa shape index (κ3) is 3.55. The van der Waals surface area contributed by atoms with Gasteiger partial charge in [0.1, 0.15) is 5.01 Å². The Labute approximate surface area is 136 Å². The number of benzene rings is 1. The first-order valence-corrected chi connectivity index (χ1v) is 8.86. The highest BCUT2D eigenvalue weighted by Crippen LogP contribution is 2.32. The first kappa shape index (κ1) is 15.2. The van der Waals surface area contributed by atoms with Gasteiger partial charge in [0, 0.05) is 24.5 Å². The molecule has 1 aromatic carbocycles. The maximum absolute atomic E-state index is 12.7. The number of rotatable bonds is 4. The van der Waals surface area contributed by atoms with Crippen molar-refractivity contribution in [1.82, 2.24) is 9.88 Å². The smallest absolute Gasteiger partial charge is 0.223 e. The topological polar surface area (TPSA) is 33.2 Å². The molecule has 0 N–H and O–H groups in total. The third-order valence-corrected chi connectivity index (χ3v) is 5.15. The Bertz CT molecular complexity index is 624. The lowest BCUT2D eigenvalue weighted by atomic mass is 10.0. The summed E-state index contributed by atoms with van der Waals surface area (Å²) < 4.78 is 0. The lowest BCUT2D eigenvalue weighted by Gasteiger charge is -2.34. The van der Waals surface area contributed by atoms with Crippen molar-refractivity contribution >= 4 is 17.2 Å². The Hall–Kier alpha value is -1.68. The standard InChI is InChI=1S/C18H22N2OS/c1-14-5-4-6-15(13-14)8-9-17(21)20-11-3-2-7-16(20)18-19-10-12-22-18/h4-6,10,12-13,16H,2-3,7-9,11H2,1H3. The van der Waals surface area contributed by atoms with E-state index in [0.717, 1.165) is 30.8 Å². The number of carbonyl (C=O) groups excluding carboxylic acids is 1. The molecule has 3 nitrogen and oxygen atoms in total. The zero-order valence-electron chi connectivity index (χ0n) is 13.0. The molecule has 0 aliphatic carbocycles. The summed E-state index contributed by atoms with van der Waals surface area (Å²) in [6.07, 6.45) is 6.59. The molecule has 0 saturated carbocycles. The van der Waals surface area contributed by atoms with Crippen LogP contribution in [0.4, 0.5) is 0 Å². The van der Waals surface area contributed by atoms with Gasteiger partial charge in [-0.25, -0.2) is 4.98 Å². The fourth-order valence-corrected chi connectivity index (χ4v) is 3.93.